The average molecular weight is 265 g/mol. The lowest BCUT2D eigenvalue weighted by Gasteiger charge is -1.94. The van der Waals surface area contributed by atoms with E-state index in [1.54, 1.807) is 17.4 Å². The zero-order chi connectivity index (χ0) is 12.3. The van der Waals surface area contributed by atoms with Gasteiger partial charge >= 0.3 is 0 Å². The Bertz CT molecular complexity index is 557. The van der Waals surface area contributed by atoms with Crippen molar-refractivity contribution in [3.63, 3.8) is 0 Å². The fourth-order valence-electron chi connectivity index (χ4n) is 1.18. The molecule has 0 unspecified atom stereocenters. The van der Waals surface area contributed by atoms with Crippen LogP contribution in [0.25, 0.3) is 6.08 Å². The number of hydrogen-bond acceptors (Lipinski definition) is 5. The maximum Gasteiger partial charge on any atom is 0.250 e. The minimum absolute atomic E-state index is 0.190. The summed E-state index contributed by atoms with van der Waals surface area (Å²) in [5.41, 5.74) is 1.71. The van der Waals surface area contributed by atoms with Crippen molar-refractivity contribution in [3.8, 4) is 0 Å². The molecule has 2 rings (SSSR count). The molecule has 0 spiro atoms. The van der Waals surface area contributed by atoms with Gasteiger partial charge in [0.1, 0.15) is 0 Å². The van der Waals surface area contributed by atoms with Crippen molar-refractivity contribution in [2.75, 3.05) is 5.32 Å². The number of rotatable bonds is 3. The van der Waals surface area contributed by atoms with Crippen molar-refractivity contribution in [2.24, 2.45) is 0 Å². The number of amides is 1. The van der Waals surface area contributed by atoms with Gasteiger partial charge in [0.25, 0.3) is 0 Å². The van der Waals surface area contributed by atoms with E-state index >= 15 is 0 Å². The van der Waals surface area contributed by atoms with Gasteiger partial charge in [-0.15, -0.1) is 22.7 Å². The number of hydrogen-bond donors (Lipinski definition) is 1. The topological polar surface area (TPSA) is 54.9 Å². The number of carbonyl (C=O) groups is 1. The smallest absolute Gasteiger partial charge is 0.250 e. The molecule has 0 aliphatic carbocycles. The Morgan fingerprint density at radius 2 is 2.12 bits per heavy atom. The minimum Gasteiger partial charge on any atom is -0.298 e. The second kappa shape index (κ2) is 5.20. The van der Waals surface area contributed by atoms with E-state index < -0.39 is 0 Å². The van der Waals surface area contributed by atoms with Gasteiger partial charge in [0, 0.05) is 16.8 Å². The molecule has 0 aliphatic heterocycles. The quantitative estimate of drug-likeness (QED) is 0.868. The third-order valence-corrected chi connectivity index (χ3v) is 3.56. The van der Waals surface area contributed by atoms with Crippen molar-refractivity contribution >= 4 is 39.8 Å². The molecule has 2 aromatic rings. The van der Waals surface area contributed by atoms with Crippen LogP contribution in [0, 0.1) is 13.8 Å². The van der Waals surface area contributed by atoms with Crippen molar-refractivity contribution in [1.29, 1.82) is 0 Å². The highest BCUT2D eigenvalue weighted by Gasteiger charge is 2.01. The first-order valence-corrected chi connectivity index (χ1v) is 6.73. The van der Waals surface area contributed by atoms with E-state index in [1.165, 1.54) is 17.4 Å². The van der Waals surface area contributed by atoms with Gasteiger partial charge in [0.15, 0.2) is 5.13 Å². The van der Waals surface area contributed by atoms with Gasteiger partial charge in [-0.05, 0) is 19.9 Å². The average Bonchev–Trinajstić information content (AvgIpc) is 2.85. The van der Waals surface area contributed by atoms with E-state index in [2.05, 4.69) is 15.3 Å². The number of nitrogens with zero attached hydrogens (tertiary/aromatic N) is 2. The summed E-state index contributed by atoms with van der Waals surface area (Å²) in [5, 5.41) is 8.10. The number of thiazole rings is 2. The summed E-state index contributed by atoms with van der Waals surface area (Å²) < 4.78 is 0. The fourth-order valence-corrected chi connectivity index (χ4v) is 2.45. The van der Waals surface area contributed by atoms with Gasteiger partial charge in [-0.1, -0.05) is 0 Å². The Labute approximate surface area is 107 Å². The molecule has 0 saturated heterocycles. The molecule has 0 aromatic carbocycles. The highest BCUT2D eigenvalue weighted by Crippen LogP contribution is 2.14. The molecule has 1 N–H and O–H groups in total. The van der Waals surface area contributed by atoms with E-state index in [4.69, 9.17) is 0 Å². The van der Waals surface area contributed by atoms with Crippen LogP contribution in [0.5, 0.6) is 0 Å². The van der Waals surface area contributed by atoms with Crippen LogP contribution in [0.1, 0.15) is 16.4 Å². The van der Waals surface area contributed by atoms with Crippen molar-refractivity contribution in [1.82, 2.24) is 9.97 Å². The fraction of sp³-hybridized carbons (Fsp3) is 0.182. The first-order valence-electron chi connectivity index (χ1n) is 4.97. The van der Waals surface area contributed by atoms with Crippen LogP contribution in [-0.2, 0) is 4.79 Å². The zero-order valence-electron chi connectivity index (χ0n) is 9.43. The molecule has 0 atom stereocenters. The Kier molecular flexibility index (Phi) is 3.65. The standard InChI is InChI=1S/C11H11N3OS2/c1-7-5-17-11(12-7)14-10(15)4-3-9-6-16-8(2)13-9/h3-6H,1-2H3,(H,12,14,15)/b4-3+. The Morgan fingerprint density at radius 1 is 1.29 bits per heavy atom. The lowest BCUT2D eigenvalue weighted by atomic mass is 10.4. The second-order valence-corrected chi connectivity index (χ2v) is 5.33. The van der Waals surface area contributed by atoms with Crippen LogP contribution >= 0.6 is 22.7 Å². The first-order chi connectivity index (χ1) is 8.13. The molecule has 0 radical (unpaired) electrons. The Balaban J connectivity index is 1.95. The highest BCUT2D eigenvalue weighted by molar-refractivity contribution is 7.14. The summed E-state index contributed by atoms with van der Waals surface area (Å²) in [4.78, 5) is 19.9. The van der Waals surface area contributed by atoms with E-state index in [0.29, 0.717) is 5.13 Å². The van der Waals surface area contributed by atoms with Gasteiger partial charge in [-0.2, -0.15) is 0 Å². The van der Waals surface area contributed by atoms with Crippen LogP contribution in [0.3, 0.4) is 0 Å². The molecule has 0 aliphatic rings. The number of nitrogens with one attached hydrogen (secondary N) is 1. The van der Waals surface area contributed by atoms with Crippen LogP contribution in [-0.4, -0.2) is 15.9 Å². The SMILES string of the molecule is Cc1csc(NC(=O)/C=C/c2csc(C)n2)n1. The third kappa shape index (κ3) is 3.47. The lowest BCUT2D eigenvalue weighted by Crippen LogP contribution is -2.07. The number of anilines is 1. The van der Waals surface area contributed by atoms with Gasteiger partial charge < -0.3 is 0 Å². The third-order valence-electron chi connectivity index (χ3n) is 1.89. The molecule has 2 aromatic heterocycles. The van der Waals surface area contributed by atoms with Crippen molar-refractivity contribution in [3.05, 3.63) is 33.2 Å². The summed E-state index contributed by atoms with van der Waals surface area (Å²) in [6.45, 7) is 3.82. The summed E-state index contributed by atoms with van der Waals surface area (Å²) in [7, 11) is 0. The zero-order valence-corrected chi connectivity index (χ0v) is 11.1. The minimum atomic E-state index is -0.190. The largest absolute Gasteiger partial charge is 0.298 e. The molecule has 2 heterocycles. The molecule has 6 heteroatoms. The normalized spacial score (nSPS) is 10.9. The molecular formula is C11H11N3OS2. The summed E-state index contributed by atoms with van der Waals surface area (Å²) in [6.07, 6.45) is 3.16. The molecule has 0 bridgehead atoms. The van der Waals surface area contributed by atoms with Crippen molar-refractivity contribution < 1.29 is 4.79 Å². The number of aromatic nitrogens is 2. The maximum absolute atomic E-state index is 11.5. The van der Waals surface area contributed by atoms with Gasteiger partial charge in [-0.3, -0.25) is 10.1 Å². The van der Waals surface area contributed by atoms with Gasteiger partial charge in [-0.25, -0.2) is 9.97 Å². The van der Waals surface area contributed by atoms with Gasteiger partial charge in [0.2, 0.25) is 5.91 Å². The predicted octanol–water partition coefficient (Wildman–Crippen LogP) is 2.87. The highest BCUT2D eigenvalue weighted by atomic mass is 32.1. The summed E-state index contributed by atoms with van der Waals surface area (Å²) in [6, 6.07) is 0. The summed E-state index contributed by atoms with van der Waals surface area (Å²) in [5.74, 6) is -0.190. The Hall–Kier alpha value is -1.53. The Morgan fingerprint density at radius 3 is 2.71 bits per heavy atom. The second-order valence-electron chi connectivity index (χ2n) is 3.41. The predicted molar refractivity (Wildman–Crippen MR) is 71.4 cm³/mol. The number of aryl methyl sites for hydroxylation is 2. The number of carbonyl (C=O) groups excluding carboxylic acids is 1. The van der Waals surface area contributed by atoms with E-state index in [1.807, 2.05) is 24.6 Å². The maximum atomic E-state index is 11.5. The van der Waals surface area contributed by atoms with Crippen LogP contribution in [0.15, 0.2) is 16.8 Å². The van der Waals surface area contributed by atoms with Crippen molar-refractivity contribution in [2.45, 2.75) is 13.8 Å². The molecule has 88 valence electrons. The lowest BCUT2D eigenvalue weighted by molar-refractivity contribution is -0.111. The van der Waals surface area contributed by atoms with Crippen LogP contribution < -0.4 is 5.32 Å². The molecular weight excluding hydrogens is 254 g/mol. The molecule has 0 saturated carbocycles. The molecule has 0 fully saturated rings. The van der Waals surface area contributed by atoms with Gasteiger partial charge in [0.05, 0.1) is 16.4 Å². The monoisotopic (exact) mass is 265 g/mol. The van der Waals surface area contributed by atoms with E-state index in [-0.39, 0.29) is 5.91 Å². The summed E-state index contributed by atoms with van der Waals surface area (Å²) >= 11 is 2.97. The molecule has 17 heavy (non-hydrogen) atoms. The molecule has 1 amide bonds. The van der Waals surface area contributed by atoms with Crippen LogP contribution in [0.4, 0.5) is 5.13 Å². The van der Waals surface area contributed by atoms with Crippen LogP contribution in [0.2, 0.25) is 0 Å². The van der Waals surface area contributed by atoms with E-state index in [9.17, 15) is 4.79 Å². The van der Waals surface area contributed by atoms with E-state index in [0.717, 1.165) is 16.4 Å². The molecule has 4 nitrogen and oxygen atoms in total. The first kappa shape index (κ1) is 11.9.